The largest absolute Gasteiger partial charge is 0.461 e. The molecule has 0 aromatic rings. The lowest BCUT2D eigenvalue weighted by atomic mass is 9.84. The van der Waals surface area contributed by atoms with Crippen molar-refractivity contribution in [2.45, 2.75) is 45.7 Å². The van der Waals surface area contributed by atoms with Crippen LogP contribution in [0.1, 0.15) is 33.6 Å². The number of carbonyl (C=O) groups is 3. The lowest BCUT2D eigenvalue weighted by molar-refractivity contribution is -0.155. The highest BCUT2D eigenvalue weighted by Gasteiger charge is 2.51. The van der Waals surface area contributed by atoms with Gasteiger partial charge in [-0.3, -0.25) is 14.5 Å². The van der Waals surface area contributed by atoms with Gasteiger partial charge in [0.1, 0.15) is 18.3 Å². The molecule has 2 N–H and O–H groups in total. The molecule has 0 radical (unpaired) electrons. The lowest BCUT2D eigenvalue weighted by Crippen LogP contribution is -2.69. The predicted molar refractivity (Wildman–Crippen MR) is 77.3 cm³/mol. The first-order valence-corrected chi connectivity index (χ1v) is 7.44. The second-order valence-corrected chi connectivity index (χ2v) is 6.06. The molecule has 7 heteroatoms. The number of esters is 2. The number of amides is 1. The first-order chi connectivity index (χ1) is 10.3. The molecule has 0 aliphatic carbocycles. The molecule has 22 heavy (non-hydrogen) atoms. The summed E-state index contributed by atoms with van der Waals surface area (Å²) in [5, 5.41) is 0. The van der Waals surface area contributed by atoms with Crippen LogP contribution >= 0.6 is 0 Å². The Labute approximate surface area is 129 Å². The molecule has 2 atom stereocenters. The van der Waals surface area contributed by atoms with E-state index in [1.807, 2.05) is 13.8 Å². The molecule has 0 bridgehead atoms. The molecule has 2 rings (SSSR count). The summed E-state index contributed by atoms with van der Waals surface area (Å²) in [6.07, 6.45) is 1.21. The Morgan fingerprint density at radius 2 is 2.05 bits per heavy atom. The van der Waals surface area contributed by atoms with Crippen molar-refractivity contribution in [1.29, 1.82) is 0 Å². The minimum atomic E-state index is -0.567. The van der Waals surface area contributed by atoms with Crippen LogP contribution in [0.15, 0.2) is 11.3 Å². The minimum absolute atomic E-state index is 0.00676. The minimum Gasteiger partial charge on any atom is -0.461 e. The molecular weight excluding hydrogens is 288 g/mol. The van der Waals surface area contributed by atoms with Crippen LogP contribution in [0, 0.1) is 5.92 Å². The van der Waals surface area contributed by atoms with Crippen LogP contribution < -0.4 is 5.73 Å². The average Bonchev–Trinajstić information content (AvgIpc) is 2.48. The first kappa shape index (κ1) is 16.5. The fourth-order valence-corrected chi connectivity index (χ4v) is 2.65. The van der Waals surface area contributed by atoms with E-state index in [2.05, 4.69) is 0 Å². The maximum atomic E-state index is 12.3. The van der Waals surface area contributed by atoms with E-state index >= 15 is 0 Å². The number of ether oxygens (including phenoxy) is 2. The zero-order valence-electron chi connectivity index (χ0n) is 13.1. The average molecular weight is 310 g/mol. The zero-order valence-corrected chi connectivity index (χ0v) is 13.1. The standard InChI is InChI=1S/C15H22N2O5/c1-8(2)6-22-15(20)13-10(7-21-9(3)18)4-5-11-12(16)14(19)17(11)13/h8,11-12H,4-7,16H2,1-3H3/t11-,12+/m1/s1. The van der Waals surface area contributed by atoms with Crippen LogP contribution in [-0.2, 0) is 23.9 Å². The van der Waals surface area contributed by atoms with E-state index in [9.17, 15) is 14.4 Å². The fourth-order valence-electron chi connectivity index (χ4n) is 2.65. The molecule has 0 unspecified atom stereocenters. The number of β-lactam (4-membered cyclic amide) rings is 1. The maximum Gasteiger partial charge on any atom is 0.355 e. The van der Waals surface area contributed by atoms with Crippen molar-refractivity contribution < 1.29 is 23.9 Å². The van der Waals surface area contributed by atoms with Gasteiger partial charge in [-0.05, 0) is 24.3 Å². The van der Waals surface area contributed by atoms with Crippen LogP contribution in [0.4, 0.5) is 0 Å². The number of nitrogens with zero attached hydrogens (tertiary/aromatic N) is 1. The van der Waals surface area contributed by atoms with E-state index in [1.54, 1.807) is 0 Å². The molecule has 2 aliphatic heterocycles. The zero-order chi connectivity index (χ0) is 16.4. The third-order valence-corrected chi connectivity index (χ3v) is 3.78. The van der Waals surface area contributed by atoms with Crippen molar-refractivity contribution in [3.8, 4) is 0 Å². The van der Waals surface area contributed by atoms with Crippen LogP contribution in [0.25, 0.3) is 0 Å². The van der Waals surface area contributed by atoms with Gasteiger partial charge in [0.2, 0.25) is 5.91 Å². The fraction of sp³-hybridized carbons (Fsp3) is 0.667. The van der Waals surface area contributed by atoms with Gasteiger partial charge >= 0.3 is 11.9 Å². The van der Waals surface area contributed by atoms with Crippen molar-refractivity contribution in [2.24, 2.45) is 11.7 Å². The van der Waals surface area contributed by atoms with Gasteiger partial charge in [0.05, 0.1) is 12.6 Å². The van der Waals surface area contributed by atoms with Gasteiger partial charge in [-0.2, -0.15) is 0 Å². The summed E-state index contributed by atoms with van der Waals surface area (Å²) in [7, 11) is 0. The van der Waals surface area contributed by atoms with E-state index < -0.39 is 18.0 Å². The van der Waals surface area contributed by atoms with Crippen molar-refractivity contribution in [1.82, 2.24) is 4.90 Å². The third-order valence-electron chi connectivity index (χ3n) is 3.78. The first-order valence-electron chi connectivity index (χ1n) is 7.44. The summed E-state index contributed by atoms with van der Waals surface area (Å²) in [6.45, 7) is 5.41. The SMILES string of the molecule is CC(=O)OCC1=C(C(=O)OCC(C)C)N2C(=O)[C@@H](N)[C@H]2CC1. The van der Waals surface area contributed by atoms with Crippen LogP contribution in [0.3, 0.4) is 0 Å². The predicted octanol–water partition coefficient (Wildman–Crippen LogP) is 0.335. The monoisotopic (exact) mass is 310 g/mol. The second kappa shape index (κ2) is 6.48. The van der Waals surface area contributed by atoms with Crippen molar-refractivity contribution >= 4 is 17.8 Å². The molecule has 0 spiro atoms. The summed E-state index contributed by atoms with van der Waals surface area (Å²) in [6, 6.07) is -0.738. The Morgan fingerprint density at radius 1 is 1.36 bits per heavy atom. The summed E-state index contributed by atoms with van der Waals surface area (Å²) >= 11 is 0. The molecule has 7 nitrogen and oxygen atoms in total. The summed E-state index contributed by atoms with van der Waals surface area (Å²) in [5.74, 6) is -1.09. The van der Waals surface area contributed by atoms with Gasteiger partial charge in [-0.15, -0.1) is 0 Å². The molecule has 2 aliphatic rings. The van der Waals surface area contributed by atoms with Gasteiger partial charge in [-0.1, -0.05) is 13.8 Å². The molecule has 0 aromatic heterocycles. The van der Waals surface area contributed by atoms with Gasteiger partial charge in [0.15, 0.2) is 0 Å². The van der Waals surface area contributed by atoms with Crippen molar-refractivity contribution in [3.63, 3.8) is 0 Å². The second-order valence-electron chi connectivity index (χ2n) is 6.06. The number of hydrogen-bond donors (Lipinski definition) is 1. The van der Waals surface area contributed by atoms with Gasteiger partial charge in [0.25, 0.3) is 0 Å². The summed E-state index contributed by atoms with van der Waals surface area (Å²) < 4.78 is 10.2. The highest BCUT2D eigenvalue weighted by Crippen LogP contribution is 2.36. The van der Waals surface area contributed by atoms with Crippen molar-refractivity contribution in [3.05, 3.63) is 11.3 Å². The number of rotatable bonds is 5. The highest BCUT2D eigenvalue weighted by molar-refractivity contribution is 6.00. The molecule has 2 heterocycles. The Balaban J connectivity index is 2.22. The normalized spacial score (nSPS) is 24.0. The van der Waals surface area contributed by atoms with E-state index in [1.165, 1.54) is 11.8 Å². The topological polar surface area (TPSA) is 98.9 Å². The maximum absolute atomic E-state index is 12.3. The Kier molecular flexibility index (Phi) is 4.85. The number of hydrogen-bond acceptors (Lipinski definition) is 6. The molecule has 0 aromatic carbocycles. The van der Waals surface area contributed by atoms with Gasteiger partial charge < -0.3 is 15.2 Å². The molecule has 122 valence electrons. The summed E-state index contributed by atoms with van der Waals surface area (Å²) in [4.78, 5) is 36.7. The molecule has 0 saturated carbocycles. The van der Waals surface area contributed by atoms with E-state index in [0.717, 1.165) is 0 Å². The van der Waals surface area contributed by atoms with E-state index in [-0.39, 0.29) is 36.8 Å². The van der Waals surface area contributed by atoms with Crippen LogP contribution in [0.2, 0.25) is 0 Å². The Bertz CT molecular complexity index is 526. The van der Waals surface area contributed by atoms with Crippen molar-refractivity contribution in [2.75, 3.05) is 13.2 Å². The molecule has 1 saturated heterocycles. The lowest BCUT2D eigenvalue weighted by Gasteiger charge is -2.49. The number of carbonyl (C=O) groups excluding carboxylic acids is 3. The van der Waals surface area contributed by atoms with E-state index in [0.29, 0.717) is 18.4 Å². The third kappa shape index (κ3) is 3.14. The molecular formula is C15H22N2O5. The smallest absolute Gasteiger partial charge is 0.355 e. The summed E-state index contributed by atoms with van der Waals surface area (Å²) in [5.41, 5.74) is 6.59. The molecule has 1 fully saturated rings. The highest BCUT2D eigenvalue weighted by atomic mass is 16.5. The van der Waals surface area contributed by atoms with E-state index in [4.69, 9.17) is 15.2 Å². The Morgan fingerprint density at radius 3 is 2.64 bits per heavy atom. The van der Waals surface area contributed by atoms with Crippen LogP contribution in [-0.4, -0.2) is 48.0 Å². The van der Waals surface area contributed by atoms with Gasteiger partial charge in [-0.25, -0.2) is 4.79 Å². The quantitative estimate of drug-likeness (QED) is 0.580. The number of fused-ring (bicyclic) bond motifs is 1. The Hall–Kier alpha value is -1.89. The van der Waals surface area contributed by atoms with Crippen LogP contribution in [0.5, 0.6) is 0 Å². The van der Waals surface area contributed by atoms with Gasteiger partial charge in [0, 0.05) is 6.92 Å². The molecule has 1 amide bonds. The number of nitrogens with two attached hydrogens (primary N) is 1.